The monoisotopic (exact) mass is 335 g/mol. The molecular formula is C21H25N3O. The van der Waals surface area contributed by atoms with E-state index in [1.54, 1.807) is 0 Å². The molecule has 1 aliphatic heterocycles. The van der Waals surface area contributed by atoms with Crippen molar-refractivity contribution in [3.05, 3.63) is 76.5 Å². The quantitative estimate of drug-likeness (QED) is 0.882. The van der Waals surface area contributed by atoms with E-state index in [0.717, 1.165) is 35.5 Å². The summed E-state index contributed by atoms with van der Waals surface area (Å²) in [4.78, 5) is 14.0. The molecule has 1 amide bonds. The van der Waals surface area contributed by atoms with Gasteiger partial charge in [-0.05, 0) is 34.7 Å². The highest BCUT2D eigenvalue weighted by atomic mass is 16.1. The van der Waals surface area contributed by atoms with Crippen molar-refractivity contribution < 1.29 is 4.79 Å². The second kappa shape index (κ2) is 7.11. The Bertz CT molecular complexity index is 809. The topological polar surface area (TPSA) is 72.3 Å². The molecule has 2 aromatic rings. The van der Waals surface area contributed by atoms with Gasteiger partial charge in [0.1, 0.15) is 0 Å². The zero-order chi connectivity index (χ0) is 18.0. The lowest BCUT2D eigenvalue weighted by Gasteiger charge is -2.36. The van der Waals surface area contributed by atoms with E-state index in [2.05, 4.69) is 30.9 Å². The molecule has 0 aromatic heterocycles. The number of carbonyl (C=O) groups is 1. The van der Waals surface area contributed by atoms with Crippen LogP contribution in [-0.4, -0.2) is 23.9 Å². The zero-order valence-electron chi connectivity index (χ0n) is 14.8. The standard InChI is InChI=1S/C21H25N3O/c1-14(2)12-24-13-17-9-8-16(21(23)25)10-18(17)20(19(24)11-22)15-6-4-3-5-7-15/h3-10,14H,11-13,22H2,1-2H3,(H2,23,25). The maximum atomic E-state index is 11.7. The van der Waals surface area contributed by atoms with E-state index in [9.17, 15) is 4.79 Å². The Hall–Kier alpha value is -2.59. The van der Waals surface area contributed by atoms with Crippen molar-refractivity contribution in [2.45, 2.75) is 20.4 Å². The van der Waals surface area contributed by atoms with Gasteiger partial charge in [-0.15, -0.1) is 0 Å². The minimum absolute atomic E-state index is 0.408. The van der Waals surface area contributed by atoms with Gasteiger partial charge >= 0.3 is 0 Å². The van der Waals surface area contributed by atoms with Crippen LogP contribution in [0, 0.1) is 5.92 Å². The fourth-order valence-electron chi connectivity index (χ4n) is 3.49. The summed E-state index contributed by atoms with van der Waals surface area (Å²) < 4.78 is 0. The number of hydrogen-bond donors (Lipinski definition) is 2. The van der Waals surface area contributed by atoms with E-state index < -0.39 is 5.91 Å². The van der Waals surface area contributed by atoms with Crippen LogP contribution in [0.4, 0.5) is 0 Å². The number of fused-ring (bicyclic) bond motifs is 1. The molecule has 0 unspecified atom stereocenters. The molecule has 25 heavy (non-hydrogen) atoms. The van der Waals surface area contributed by atoms with E-state index in [4.69, 9.17) is 11.5 Å². The number of amides is 1. The molecular weight excluding hydrogens is 310 g/mol. The fraction of sp³-hybridized carbons (Fsp3) is 0.286. The second-order valence-electron chi connectivity index (χ2n) is 6.90. The maximum Gasteiger partial charge on any atom is 0.248 e. The Morgan fingerprint density at radius 1 is 1.16 bits per heavy atom. The summed E-state index contributed by atoms with van der Waals surface area (Å²) in [6, 6.07) is 16.0. The Balaban J connectivity index is 2.23. The van der Waals surface area contributed by atoms with Gasteiger partial charge in [-0.1, -0.05) is 50.2 Å². The lowest BCUT2D eigenvalue weighted by atomic mass is 9.87. The highest BCUT2D eigenvalue weighted by molar-refractivity contribution is 5.95. The van der Waals surface area contributed by atoms with Crippen molar-refractivity contribution in [2.75, 3.05) is 13.1 Å². The molecule has 4 N–H and O–H groups in total. The molecule has 0 saturated heterocycles. The molecule has 0 saturated carbocycles. The van der Waals surface area contributed by atoms with Crippen LogP contribution in [0.2, 0.25) is 0 Å². The number of hydrogen-bond acceptors (Lipinski definition) is 3. The van der Waals surface area contributed by atoms with Crippen LogP contribution in [0.5, 0.6) is 0 Å². The predicted octanol–water partition coefficient (Wildman–Crippen LogP) is 2.98. The largest absolute Gasteiger partial charge is 0.369 e. The summed E-state index contributed by atoms with van der Waals surface area (Å²) in [5, 5.41) is 0. The van der Waals surface area contributed by atoms with E-state index in [1.807, 2.05) is 36.4 Å². The average Bonchev–Trinajstić information content (AvgIpc) is 2.60. The van der Waals surface area contributed by atoms with Crippen molar-refractivity contribution in [2.24, 2.45) is 17.4 Å². The molecule has 0 radical (unpaired) electrons. The van der Waals surface area contributed by atoms with Gasteiger partial charge < -0.3 is 16.4 Å². The third kappa shape index (κ3) is 3.44. The van der Waals surface area contributed by atoms with Gasteiger partial charge in [0.05, 0.1) is 0 Å². The summed E-state index contributed by atoms with van der Waals surface area (Å²) >= 11 is 0. The Kier molecular flexibility index (Phi) is 4.91. The van der Waals surface area contributed by atoms with Crippen molar-refractivity contribution in [1.82, 2.24) is 4.90 Å². The molecule has 2 aromatic carbocycles. The minimum Gasteiger partial charge on any atom is -0.369 e. The molecule has 0 fully saturated rings. The Labute approximate surface area is 149 Å². The number of nitrogens with zero attached hydrogens (tertiary/aromatic N) is 1. The normalized spacial score (nSPS) is 14.0. The second-order valence-corrected chi connectivity index (χ2v) is 6.90. The van der Waals surface area contributed by atoms with Gasteiger partial charge in [0, 0.05) is 36.5 Å². The van der Waals surface area contributed by atoms with Crippen LogP contribution >= 0.6 is 0 Å². The number of carbonyl (C=O) groups excluding carboxylic acids is 1. The molecule has 3 rings (SSSR count). The van der Waals surface area contributed by atoms with Crippen LogP contribution in [0.3, 0.4) is 0 Å². The molecule has 4 nitrogen and oxygen atoms in total. The lowest BCUT2D eigenvalue weighted by molar-refractivity contribution is 0.1000. The molecule has 1 aliphatic rings. The summed E-state index contributed by atoms with van der Waals surface area (Å²) in [6.07, 6.45) is 0. The van der Waals surface area contributed by atoms with Crippen LogP contribution in [0.25, 0.3) is 5.57 Å². The van der Waals surface area contributed by atoms with Crippen molar-refractivity contribution in [3.8, 4) is 0 Å². The molecule has 1 heterocycles. The lowest BCUT2D eigenvalue weighted by Crippen LogP contribution is -2.34. The Morgan fingerprint density at radius 3 is 2.48 bits per heavy atom. The number of benzene rings is 2. The van der Waals surface area contributed by atoms with Crippen LogP contribution in [0.15, 0.2) is 54.2 Å². The van der Waals surface area contributed by atoms with E-state index in [-0.39, 0.29) is 0 Å². The summed E-state index contributed by atoms with van der Waals surface area (Å²) in [7, 11) is 0. The fourth-order valence-corrected chi connectivity index (χ4v) is 3.49. The summed E-state index contributed by atoms with van der Waals surface area (Å²) in [6.45, 7) is 6.62. The third-order valence-corrected chi connectivity index (χ3v) is 4.54. The van der Waals surface area contributed by atoms with Crippen molar-refractivity contribution in [3.63, 3.8) is 0 Å². The van der Waals surface area contributed by atoms with Crippen LogP contribution in [0.1, 0.15) is 40.9 Å². The average molecular weight is 335 g/mol. The van der Waals surface area contributed by atoms with Gasteiger partial charge in [-0.2, -0.15) is 0 Å². The van der Waals surface area contributed by atoms with Crippen molar-refractivity contribution in [1.29, 1.82) is 0 Å². The number of primary amides is 1. The SMILES string of the molecule is CC(C)CN1Cc2ccc(C(N)=O)cc2C(c2ccccc2)=C1CN. The number of rotatable bonds is 5. The van der Waals surface area contributed by atoms with E-state index >= 15 is 0 Å². The molecule has 0 spiro atoms. The smallest absolute Gasteiger partial charge is 0.248 e. The van der Waals surface area contributed by atoms with Crippen molar-refractivity contribution >= 4 is 11.5 Å². The van der Waals surface area contributed by atoms with Crippen LogP contribution in [-0.2, 0) is 6.54 Å². The van der Waals surface area contributed by atoms with Gasteiger partial charge in [0.25, 0.3) is 0 Å². The van der Waals surface area contributed by atoms with Gasteiger partial charge in [0.2, 0.25) is 5.91 Å². The van der Waals surface area contributed by atoms with E-state index in [0.29, 0.717) is 18.0 Å². The maximum absolute atomic E-state index is 11.7. The molecule has 0 atom stereocenters. The number of nitrogens with two attached hydrogens (primary N) is 2. The molecule has 4 heteroatoms. The first kappa shape index (κ1) is 17.2. The Morgan fingerprint density at radius 2 is 1.88 bits per heavy atom. The first-order valence-electron chi connectivity index (χ1n) is 8.68. The van der Waals surface area contributed by atoms with Gasteiger partial charge in [-0.3, -0.25) is 4.79 Å². The first-order chi connectivity index (χ1) is 12.0. The van der Waals surface area contributed by atoms with Crippen LogP contribution < -0.4 is 11.5 Å². The molecule has 0 aliphatic carbocycles. The van der Waals surface area contributed by atoms with Gasteiger partial charge in [-0.25, -0.2) is 0 Å². The third-order valence-electron chi connectivity index (χ3n) is 4.54. The van der Waals surface area contributed by atoms with E-state index in [1.165, 1.54) is 5.56 Å². The molecule has 130 valence electrons. The highest BCUT2D eigenvalue weighted by Gasteiger charge is 2.26. The molecule has 0 bridgehead atoms. The summed E-state index contributed by atoms with van der Waals surface area (Å²) in [5.41, 5.74) is 17.8. The minimum atomic E-state index is -0.408. The zero-order valence-corrected chi connectivity index (χ0v) is 14.8. The predicted molar refractivity (Wildman–Crippen MR) is 102 cm³/mol. The summed E-state index contributed by atoms with van der Waals surface area (Å²) in [5.74, 6) is 0.124. The van der Waals surface area contributed by atoms with Gasteiger partial charge in [0.15, 0.2) is 0 Å². The first-order valence-corrected chi connectivity index (χ1v) is 8.68. The highest BCUT2D eigenvalue weighted by Crippen LogP contribution is 2.36.